The Kier molecular flexibility index (Phi) is 2.72. The fourth-order valence-electron chi connectivity index (χ4n) is 1.97. The molecule has 0 aromatic heterocycles. The van der Waals surface area contributed by atoms with Gasteiger partial charge in [0, 0.05) is 4.75 Å². The van der Waals surface area contributed by atoms with Crippen molar-refractivity contribution in [3.8, 4) is 11.5 Å². The van der Waals surface area contributed by atoms with Gasteiger partial charge < -0.3 is 14.6 Å². The van der Waals surface area contributed by atoms with Crippen LogP contribution in [0.1, 0.15) is 24.7 Å². The molecule has 5 heteroatoms. The molecule has 0 bridgehead atoms. The summed E-state index contributed by atoms with van der Waals surface area (Å²) >= 11 is 0. The lowest BCUT2D eigenvalue weighted by molar-refractivity contribution is 0.143. The van der Waals surface area contributed by atoms with Crippen molar-refractivity contribution < 1.29 is 14.6 Å². The van der Waals surface area contributed by atoms with Gasteiger partial charge in [-0.3, -0.25) is 0 Å². The molecule has 0 radical (unpaired) electrons. The van der Waals surface area contributed by atoms with Crippen LogP contribution < -0.4 is 9.47 Å². The first-order valence-electron chi connectivity index (χ1n) is 5.50. The van der Waals surface area contributed by atoms with E-state index in [0.717, 1.165) is 17.1 Å². The van der Waals surface area contributed by atoms with Gasteiger partial charge in [0.05, 0.1) is 11.4 Å². The summed E-state index contributed by atoms with van der Waals surface area (Å²) in [6, 6.07) is 5.91. The summed E-state index contributed by atoms with van der Waals surface area (Å²) in [4.78, 5) is 0. The van der Waals surface area contributed by atoms with Crippen LogP contribution in [0.4, 0.5) is 0 Å². The zero-order valence-corrected chi connectivity index (χ0v) is 11.3. The lowest BCUT2D eigenvalue weighted by Gasteiger charge is -2.23. The van der Waals surface area contributed by atoms with Gasteiger partial charge in [-0.05, 0) is 31.5 Å². The second-order valence-corrected chi connectivity index (χ2v) is 7.76. The smallest absolute Gasteiger partial charge is 0.231 e. The molecule has 0 aliphatic carbocycles. The van der Waals surface area contributed by atoms with Crippen molar-refractivity contribution in [3.05, 3.63) is 23.8 Å². The van der Waals surface area contributed by atoms with Gasteiger partial charge in [-0.2, -0.15) is 0 Å². The van der Waals surface area contributed by atoms with Crippen molar-refractivity contribution >= 4 is 21.6 Å². The van der Waals surface area contributed by atoms with Crippen LogP contribution in [0.25, 0.3) is 0 Å². The van der Waals surface area contributed by atoms with E-state index in [0.29, 0.717) is 6.79 Å². The number of aliphatic hydroxyl groups excluding tert-OH is 1. The molecule has 2 heterocycles. The maximum absolute atomic E-state index is 10.3. The molecule has 3 rings (SSSR count). The van der Waals surface area contributed by atoms with Gasteiger partial charge in [0.25, 0.3) is 0 Å². The monoisotopic (exact) mass is 270 g/mol. The van der Waals surface area contributed by atoms with E-state index in [1.54, 1.807) is 21.6 Å². The second kappa shape index (κ2) is 4.00. The van der Waals surface area contributed by atoms with E-state index in [2.05, 4.69) is 13.8 Å². The lowest BCUT2D eigenvalue weighted by Crippen LogP contribution is -2.31. The van der Waals surface area contributed by atoms with Gasteiger partial charge in [-0.15, -0.1) is 0 Å². The molecule has 1 saturated heterocycles. The van der Waals surface area contributed by atoms with Crippen LogP contribution >= 0.6 is 21.6 Å². The molecule has 1 aromatic carbocycles. The molecule has 2 aliphatic rings. The standard InChI is InChI=1S/C12H14O3S2/c1-12(2)11(13)10(16-17-12)7-3-4-8-9(5-7)15-6-14-8/h3-5,10-11,13H,6H2,1-2H3/t10-,11+/m1/s1. The van der Waals surface area contributed by atoms with Crippen LogP contribution in [0, 0.1) is 0 Å². The molecule has 0 unspecified atom stereocenters. The minimum absolute atomic E-state index is 0.101. The van der Waals surface area contributed by atoms with E-state index in [4.69, 9.17) is 9.47 Å². The number of rotatable bonds is 1. The molecule has 3 nitrogen and oxygen atoms in total. The van der Waals surface area contributed by atoms with E-state index < -0.39 is 0 Å². The average molecular weight is 270 g/mol. The van der Waals surface area contributed by atoms with Crippen LogP contribution in [-0.4, -0.2) is 22.8 Å². The lowest BCUT2D eigenvalue weighted by atomic mass is 9.97. The number of benzene rings is 1. The Morgan fingerprint density at radius 3 is 2.76 bits per heavy atom. The number of fused-ring (bicyclic) bond motifs is 1. The molecule has 2 atom stereocenters. The number of ether oxygens (including phenoxy) is 2. The van der Waals surface area contributed by atoms with Crippen molar-refractivity contribution in [2.24, 2.45) is 0 Å². The number of hydrogen-bond donors (Lipinski definition) is 1. The highest BCUT2D eigenvalue weighted by Crippen LogP contribution is 2.58. The Balaban J connectivity index is 1.90. The maximum Gasteiger partial charge on any atom is 0.231 e. The third-order valence-electron chi connectivity index (χ3n) is 3.09. The van der Waals surface area contributed by atoms with Crippen LogP contribution in [0.2, 0.25) is 0 Å². The Morgan fingerprint density at radius 2 is 2.06 bits per heavy atom. The molecule has 1 aromatic rings. The van der Waals surface area contributed by atoms with Gasteiger partial charge in [-0.1, -0.05) is 27.7 Å². The van der Waals surface area contributed by atoms with Crippen molar-refractivity contribution in [1.29, 1.82) is 0 Å². The summed E-state index contributed by atoms with van der Waals surface area (Å²) in [6.07, 6.45) is -0.349. The van der Waals surface area contributed by atoms with E-state index in [-0.39, 0.29) is 16.1 Å². The fraction of sp³-hybridized carbons (Fsp3) is 0.500. The molecule has 1 fully saturated rings. The summed E-state index contributed by atoms with van der Waals surface area (Å²) in [7, 11) is 3.46. The van der Waals surface area contributed by atoms with Gasteiger partial charge >= 0.3 is 0 Å². The number of aliphatic hydroxyl groups is 1. The predicted octanol–water partition coefficient (Wildman–Crippen LogP) is 2.99. The fourth-order valence-corrected chi connectivity index (χ4v) is 5.35. The van der Waals surface area contributed by atoms with Crippen LogP contribution in [0.3, 0.4) is 0 Å². The zero-order valence-electron chi connectivity index (χ0n) is 9.67. The molecule has 92 valence electrons. The molecule has 0 amide bonds. The summed E-state index contributed by atoms with van der Waals surface area (Å²) in [6.45, 7) is 4.43. The molecule has 1 N–H and O–H groups in total. The summed E-state index contributed by atoms with van der Waals surface area (Å²) in [5, 5.41) is 10.4. The zero-order chi connectivity index (χ0) is 12.0. The van der Waals surface area contributed by atoms with Crippen LogP contribution in [0.15, 0.2) is 18.2 Å². The first-order chi connectivity index (χ1) is 8.08. The first kappa shape index (κ1) is 11.6. The summed E-state index contributed by atoms with van der Waals surface area (Å²) in [5.41, 5.74) is 1.10. The normalized spacial score (nSPS) is 29.6. The van der Waals surface area contributed by atoms with E-state index in [1.807, 2.05) is 18.2 Å². The van der Waals surface area contributed by atoms with Crippen LogP contribution in [0.5, 0.6) is 11.5 Å². The van der Waals surface area contributed by atoms with Gasteiger partial charge in [0.15, 0.2) is 11.5 Å². The predicted molar refractivity (Wildman–Crippen MR) is 70.6 cm³/mol. The molecule has 17 heavy (non-hydrogen) atoms. The van der Waals surface area contributed by atoms with Gasteiger partial charge in [0.2, 0.25) is 6.79 Å². The Morgan fingerprint density at radius 1 is 1.29 bits per heavy atom. The highest BCUT2D eigenvalue weighted by Gasteiger charge is 2.43. The number of hydrogen-bond acceptors (Lipinski definition) is 5. The molecule has 2 aliphatic heterocycles. The molecular weight excluding hydrogens is 256 g/mol. The quantitative estimate of drug-likeness (QED) is 0.794. The Labute approximate surface area is 108 Å². The molecule has 0 spiro atoms. The van der Waals surface area contributed by atoms with Crippen molar-refractivity contribution in [1.82, 2.24) is 0 Å². The Bertz CT molecular complexity index is 447. The van der Waals surface area contributed by atoms with E-state index >= 15 is 0 Å². The third kappa shape index (κ3) is 1.90. The highest BCUT2D eigenvalue weighted by atomic mass is 33.1. The van der Waals surface area contributed by atoms with Crippen LogP contribution in [-0.2, 0) is 0 Å². The average Bonchev–Trinajstić information content (AvgIpc) is 2.84. The van der Waals surface area contributed by atoms with Crippen molar-refractivity contribution in [3.63, 3.8) is 0 Å². The SMILES string of the molecule is CC1(C)SS[C@H](c2ccc3c(c2)OCO3)[C@@H]1O. The largest absolute Gasteiger partial charge is 0.454 e. The van der Waals surface area contributed by atoms with Crippen molar-refractivity contribution in [2.45, 2.75) is 29.9 Å². The maximum atomic E-state index is 10.3. The van der Waals surface area contributed by atoms with E-state index in [1.165, 1.54) is 0 Å². The second-order valence-electron chi connectivity index (χ2n) is 4.76. The summed E-state index contributed by atoms with van der Waals surface area (Å²) < 4.78 is 10.5. The van der Waals surface area contributed by atoms with E-state index in [9.17, 15) is 5.11 Å². The topological polar surface area (TPSA) is 38.7 Å². The summed E-state index contributed by atoms with van der Waals surface area (Å²) in [5.74, 6) is 1.57. The minimum Gasteiger partial charge on any atom is -0.454 e. The van der Waals surface area contributed by atoms with Crippen molar-refractivity contribution in [2.75, 3.05) is 6.79 Å². The minimum atomic E-state index is -0.349. The highest BCUT2D eigenvalue weighted by molar-refractivity contribution is 8.77. The Hall–Kier alpha value is -0.520. The third-order valence-corrected chi connectivity index (χ3v) is 6.79. The first-order valence-corrected chi connectivity index (χ1v) is 7.71. The molecular formula is C12H14O3S2. The van der Waals surface area contributed by atoms with Gasteiger partial charge in [0.1, 0.15) is 0 Å². The molecule has 0 saturated carbocycles. The van der Waals surface area contributed by atoms with Gasteiger partial charge in [-0.25, -0.2) is 0 Å².